The third-order valence-corrected chi connectivity index (χ3v) is 6.04. The van der Waals surface area contributed by atoms with Gasteiger partial charge in [0.25, 0.3) is 0 Å². The highest BCUT2D eigenvalue weighted by atomic mass is 32.1. The molecule has 3 aromatic rings. The Kier molecular flexibility index (Phi) is 8.50. The highest BCUT2D eigenvalue weighted by Crippen LogP contribution is 2.15. The van der Waals surface area contributed by atoms with Crippen LogP contribution in [0.3, 0.4) is 0 Å². The minimum absolute atomic E-state index is 0.0622. The van der Waals surface area contributed by atoms with E-state index in [1.54, 1.807) is 23.5 Å². The number of amides is 2. The quantitative estimate of drug-likeness (QED) is 0.440. The molecule has 0 aliphatic heterocycles. The van der Waals surface area contributed by atoms with E-state index in [1.807, 2.05) is 37.3 Å². The molecule has 2 atom stereocenters. The van der Waals surface area contributed by atoms with Crippen molar-refractivity contribution < 1.29 is 9.90 Å². The zero-order valence-electron chi connectivity index (χ0n) is 18.1. The number of nitrogens with zero attached hydrogens (tertiary/aromatic N) is 1. The summed E-state index contributed by atoms with van der Waals surface area (Å²) < 4.78 is 0. The second kappa shape index (κ2) is 11.5. The number of phenols is 1. The van der Waals surface area contributed by atoms with Crippen LogP contribution in [0.2, 0.25) is 0 Å². The lowest BCUT2D eigenvalue weighted by Crippen LogP contribution is -2.48. The molecule has 0 saturated carbocycles. The average Bonchev–Trinajstić information content (AvgIpc) is 3.26. The Bertz CT molecular complexity index is 914. The van der Waals surface area contributed by atoms with E-state index in [0.29, 0.717) is 6.54 Å². The van der Waals surface area contributed by atoms with E-state index in [2.05, 4.69) is 51.5 Å². The third kappa shape index (κ3) is 7.74. The zero-order valence-corrected chi connectivity index (χ0v) is 18.9. The van der Waals surface area contributed by atoms with Gasteiger partial charge in [0, 0.05) is 25.2 Å². The normalized spacial score (nSPS) is 13.0. The highest BCUT2D eigenvalue weighted by molar-refractivity contribution is 7.07. The van der Waals surface area contributed by atoms with Gasteiger partial charge in [0.05, 0.1) is 0 Å². The molecule has 3 N–H and O–H groups in total. The molecule has 0 radical (unpaired) electrons. The van der Waals surface area contributed by atoms with E-state index < -0.39 is 0 Å². The van der Waals surface area contributed by atoms with Crippen LogP contribution in [0.1, 0.15) is 23.6 Å². The maximum atomic E-state index is 12.5. The third-order valence-electron chi connectivity index (χ3n) is 5.30. The van der Waals surface area contributed by atoms with Gasteiger partial charge >= 0.3 is 6.03 Å². The van der Waals surface area contributed by atoms with Gasteiger partial charge in [-0.1, -0.05) is 42.5 Å². The summed E-state index contributed by atoms with van der Waals surface area (Å²) >= 11 is 1.67. The van der Waals surface area contributed by atoms with Crippen LogP contribution < -0.4 is 10.6 Å². The number of benzene rings is 2. The SMILES string of the molecule is C[C@@H](Cc1ccsc1)NC(=O)NCC(Cc1ccc(O)cc1)N(C)Cc1ccccc1. The predicted octanol–water partition coefficient (Wildman–Crippen LogP) is 4.43. The van der Waals surface area contributed by atoms with E-state index in [-0.39, 0.29) is 23.9 Å². The fourth-order valence-corrected chi connectivity index (χ4v) is 4.27. The molecular formula is C25H31N3O2S. The number of nitrogens with one attached hydrogen (secondary N) is 2. The molecule has 0 saturated heterocycles. The lowest BCUT2D eigenvalue weighted by Gasteiger charge is -2.29. The molecule has 0 aliphatic carbocycles. The summed E-state index contributed by atoms with van der Waals surface area (Å²) in [5, 5.41) is 19.8. The maximum Gasteiger partial charge on any atom is 0.315 e. The molecule has 0 fully saturated rings. The van der Waals surface area contributed by atoms with Gasteiger partial charge in [-0.05, 0) is 72.5 Å². The fourth-order valence-electron chi connectivity index (χ4n) is 3.59. The van der Waals surface area contributed by atoms with Crippen LogP contribution in [0.25, 0.3) is 0 Å². The summed E-state index contributed by atoms with van der Waals surface area (Å²) in [6.07, 6.45) is 1.59. The first kappa shape index (κ1) is 22.8. The van der Waals surface area contributed by atoms with Gasteiger partial charge < -0.3 is 15.7 Å². The number of thiophene rings is 1. The minimum atomic E-state index is -0.147. The maximum absolute atomic E-state index is 12.5. The second-order valence-electron chi connectivity index (χ2n) is 8.02. The number of carbonyl (C=O) groups excluding carboxylic acids is 1. The van der Waals surface area contributed by atoms with Crippen molar-refractivity contribution in [1.29, 1.82) is 0 Å². The van der Waals surface area contributed by atoms with Gasteiger partial charge in [-0.2, -0.15) is 11.3 Å². The van der Waals surface area contributed by atoms with Crippen molar-refractivity contribution in [3.63, 3.8) is 0 Å². The fraction of sp³-hybridized carbons (Fsp3) is 0.320. The minimum Gasteiger partial charge on any atom is -0.508 e. The molecule has 0 aliphatic rings. The Morgan fingerprint density at radius 1 is 1.00 bits per heavy atom. The smallest absolute Gasteiger partial charge is 0.315 e. The molecule has 164 valence electrons. The van der Waals surface area contributed by atoms with E-state index in [9.17, 15) is 9.90 Å². The monoisotopic (exact) mass is 437 g/mol. The number of phenolic OH excluding ortho intramolecular Hbond substituents is 1. The zero-order chi connectivity index (χ0) is 22.1. The van der Waals surface area contributed by atoms with Crippen molar-refractivity contribution in [2.45, 2.75) is 38.4 Å². The highest BCUT2D eigenvalue weighted by Gasteiger charge is 2.18. The molecule has 31 heavy (non-hydrogen) atoms. The summed E-state index contributed by atoms with van der Waals surface area (Å²) in [7, 11) is 2.08. The molecule has 6 heteroatoms. The van der Waals surface area contributed by atoms with Crippen LogP contribution in [0.4, 0.5) is 4.79 Å². The molecule has 2 aromatic carbocycles. The Hall–Kier alpha value is -2.83. The van der Waals surface area contributed by atoms with Crippen molar-refractivity contribution in [3.8, 4) is 5.75 Å². The average molecular weight is 438 g/mol. The molecule has 1 unspecified atom stereocenters. The van der Waals surface area contributed by atoms with Crippen molar-refractivity contribution >= 4 is 17.4 Å². The molecular weight excluding hydrogens is 406 g/mol. The van der Waals surface area contributed by atoms with E-state index in [0.717, 1.165) is 24.9 Å². The van der Waals surface area contributed by atoms with Crippen molar-refractivity contribution in [2.24, 2.45) is 0 Å². The Labute approximate surface area is 188 Å². The van der Waals surface area contributed by atoms with Gasteiger partial charge in [-0.25, -0.2) is 4.79 Å². The van der Waals surface area contributed by atoms with Crippen molar-refractivity contribution in [1.82, 2.24) is 15.5 Å². The van der Waals surface area contributed by atoms with Gasteiger partial charge in [-0.3, -0.25) is 4.90 Å². The van der Waals surface area contributed by atoms with Crippen LogP contribution in [-0.4, -0.2) is 41.7 Å². The first-order chi connectivity index (χ1) is 15.0. The van der Waals surface area contributed by atoms with Crippen molar-refractivity contribution in [2.75, 3.05) is 13.6 Å². The van der Waals surface area contributed by atoms with Gasteiger partial charge in [0.15, 0.2) is 0 Å². The molecule has 0 bridgehead atoms. The summed E-state index contributed by atoms with van der Waals surface area (Å²) in [5.74, 6) is 0.259. The lowest BCUT2D eigenvalue weighted by molar-refractivity contribution is 0.212. The van der Waals surface area contributed by atoms with Crippen LogP contribution >= 0.6 is 11.3 Å². The molecule has 3 rings (SSSR count). The number of aromatic hydroxyl groups is 1. The van der Waals surface area contributed by atoms with E-state index in [4.69, 9.17) is 0 Å². The van der Waals surface area contributed by atoms with E-state index >= 15 is 0 Å². The van der Waals surface area contributed by atoms with Crippen LogP contribution in [0, 0.1) is 0 Å². The number of hydrogen-bond donors (Lipinski definition) is 3. The number of urea groups is 1. The molecule has 5 nitrogen and oxygen atoms in total. The summed E-state index contributed by atoms with van der Waals surface area (Å²) in [5.41, 5.74) is 3.59. The number of carbonyl (C=O) groups is 1. The molecule has 1 aromatic heterocycles. The largest absolute Gasteiger partial charge is 0.508 e. The summed E-state index contributed by atoms with van der Waals surface area (Å²) in [4.78, 5) is 14.8. The topological polar surface area (TPSA) is 64.6 Å². The second-order valence-corrected chi connectivity index (χ2v) is 8.80. The van der Waals surface area contributed by atoms with Gasteiger partial charge in [0.2, 0.25) is 0 Å². The molecule has 0 spiro atoms. The predicted molar refractivity (Wildman–Crippen MR) is 128 cm³/mol. The Morgan fingerprint density at radius 2 is 1.74 bits per heavy atom. The van der Waals surface area contributed by atoms with E-state index in [1.165, 1.54) is 11.1 Å². The molecule has 1 heterocycles. The Balaban J connectivity index is 1.58. The van der Waals surface area contributed by atoms with Gasteiger partial charge in [0.1, 0.15) is 5.75 Å². The van der Waals surface area contributed by atoms with Crippen molar-refractivity contribution in [3.05, 3.63) is 88.1 Å². The number of rotatable bonds is 10. The first-order valence-electron chi connectivity index (χ1n) is 10.6. The Morgan fingerprint density at radius 3 is 2.42 bits per heavy atom. The van der Waals surface area contributed by atoms with Crippen LogP contribution in [0.15, 0.2) is 71.4 Å². The van der Waals surface area contributed by atoms with Crippen LogP contribution in [0.5, 0.6) is 5.75 Å². The summed E-state index contributed by atoms with van der Waals surface area (Å²) in [6.45, 7) is 3.34. The molecule has 2 amide bonds. The summed E-state index contributed by atoms with van der Waals surface area (Å²) in [6, 6.07) is 19.7. The standard InChI is InChI=1S/C25H31N3O2S/c1-19(14-22-12-13-31-18-22)27-25(30)26-16-23(15-20-8-10-24(29)11-9-20)28(2)17-21-6-4-3-5-7-21/h3-13,18-19,23,29H,14-17H2,1-2H3,(H2,26,27,30)/t19-,23?/m0/s1. The number of likely N-dealkylation sites (N-methyl/N-ethyl adjacent to an activating group) is 1. The van der Waals surface area contributed by atoms with Gasteiger partial charge in [-0.15, -0.1) is 0 Å². The lowest BCUT2D eigenvalue weighted by atomic mass is 10.0. The number of hydrogen-bond acceptors (Lipinski definition) is 4. The first-order valence-corrected chi connectivity index (χ1v) is 11.5. The van der Waals surface area contributed by atoms with Crippen LogP contribution in [-0.2, 0) is 19.4 Å².